The van der Waals surface area contributed by atoms with Gasteiger partial charge >= 0.3 is 0 Å². The summed E-state index contributed by atoms with van der Waals surface area (Å²) in [5.74, 6) is -4.86. The first-order valence-corrected chi connectivity index (χ1v) is 14.4. The summed E-state index contributed by atoms with van der Waals surface area (Å²) in [7, 11) is 6.89. The highest BCUT2D eigenvalue weighted by atomic mass is 16.4. The zero-order chi connectivity index (χ0) is 31.7. The molecule has 0 aliphatic heterocycles. The number of aliphatic hydroxyl groups is 3. The Bertz CT molecular complexity index is 1590. The SMILES string of the molecule is Cc1cc(CCCc2cc(N(C)C)c3c(c2O)C(=O)C2=C(O)[C@]4(O)C(=O)C(C(N)=O)=C(O)[C@@H](N(C)C)[C@@H]4C[C@@H]2C3)oc1C. The number of aryl methyl sites for hydroxylation is 4. The van der Waals surface area contributed by atoms with Crippen molar-refractivity contribution in [3.05, 3.63) is 68.6 Å². The quantitative estimate of drug-likeness (QED) is 0.300. The molecule has 1 heterocycles. The van der Waals surface area contributed by atoms with Crippen molar-refractivity contribution in [3.8, 4) is 5.75 Å². The Balaban J connectivity index is 1.60. The third-order valence-corrected chi connectivity index (χ3v) is 9.35. The average Bonchev–Trinajstić information content (AvgIpc) is 3.23. The molecule has 230 valence electrons. The number of phenolic OH excluding ortho intramolecular Hbond substituents is 1. The van der Waals surface area contributed by atoms with Gasteiger partial charge in [0.1, 0.15) is 34.4 Å². The highest BCUT2D eigenvalue weighted by Gasteiger charge is 2.63. The molecule has 11 heteroatoms. The number of likely N-dealkylation sites (N-methyl/N-ethyl adjacent to an activating group) is 1. The number of furan rings is 1. The molecule has 3 aliphatic carbocycles. The van der Waals surface area contributed by atoms with Gasteiger partial charge in [0.15, 0.2) is 11.4 Å². The number of primary amides is 1. The van der Waals surface area contributed by atoms with Gasteiger partial charge in [-0.05, 0) is 88.4 Å². The fourth-order valence-corrected chi connectivity index (χ4v) is 7.17. The molecular formula is C32H39N3O8. The zero-order valence-electron chi connectivity index (χ0n) is 25.3. The molecule has 6 N–H and O–H groups in total. The summed E-state index contributed by atoms with van der Waals surface area (Å²) in [6.07, 6.45) is 2.01. The number of Topliss-reactive ketones (excluding diaryl/α,β-unsaturated/α-hetero) is 2. The molecule has 4 atom stereocenters. The number of aliphatic hydroxyl groups excluding tert-OH is 2. The van der Waals surface area contributed by atoms with Crippen LogP contribution in [0.5, 0.6) is 5.75 Å². The molecule has 0 bridgehead atoms. The number of carbonyl (C=O) groups is 3. The predicted octanol–water partition coefficient (Wildman–Crippen LogP) is 2.57. The number of amides is 1. The van der Waals surface area contributed by atoms with Gasteiger partial charge in [-0.3, -0.25) is 19.3 Å². The van der Waals surface area contributed by atoms with Gasteiger partial charge in [-0.15, -0.1) is 0 Å². The second kappa shape index (κ2) is 10.6. The number of rotatable bonds is 7. The molecule has 43 heavy (non-hydrogen) atoms. The Morgan fingerprint density at radius 2 is 1.77 bits per heavy atom. The molecule has 3 aliphatic rings. The number of hydrogen-bond donors (Lipinski definition) is 5. The molecule has 0 unspecified atom stereocenters. The maximum absolute atomic E-state index is 14.2. The number of phenols is 1. The van der Waals surface area contributed by atoms with Gasteiger partial charge < -0.3 is 35.5 Å². The molecule has 1 aromatic heterocycles. The molecule has 0 spiro atoms. The second-order valence-electron chi connectivity index (χ2n) is 12.4. The molecular weight excluding hydrogens is 554 g/mol. The van der Waals surface area contributed by atoms with Crippen LogP contribution >= 0.6 is 0 Å². The van der Waals surface area contributed by atoms with Crippen LogP contribution in [0.2, 0.25) is 0 Å². The molecule has 1 aromatic carbocycles. The Morgan fingerprint density at radius 1 is 1.09 bits per heavy atom. The third kappa shape index (κ3) is 4.53. The van der Waals surface area contributed by atoms with Crippen molar-refractivity contribution < 1.29 is 39.2 Å². The molecule has 0 radical (unpaired) electrons. The number of ketones is 2. The summed E-state index contributed by atoms with van der Waals surface area (Å²) in [5, 5.41) is 45.7. The first kappa shape index (κ1) is 30.4. The second-order valence-corrected chi connectivity index (χ2v) is 12.4. The van der Waals surface area contributed by atoms with Crippen LogP contribution < -0.4 is 10.6 Å². The zero-order valence-corrected chi connectivity index (χ0v) is 25.3. The van der Waals surface area contributed by atoms with E-state index in [2.05, 4.69) is 0 Å². The van der Waals surface area contributed by atoms with Gasteiger partial charge in [0.25, 0.3) is 5.91 Å². The van der Waals surface area contributed by atoms with Crippen LogP contribution in [0.1, 0.15) is 51.4 Å². The first-order valence-electron chi connectivity index (χ1n) is 14.4. The van der Waals surface area contributed by atoms with Crippen molar-refractivity contribution in [2.24, 2.45) is 17.6 Å². The summed E-state index contributed by atoms with van der Waals surface area (Å²) in [6, 6.07) is 2.82. The third-order valence-electron chi connectivity index (χ3n) is 9.35. The van der Waals surface area contributed by atoms with Crippen LogP contribution in [0, 0.1) is 25.7 Å². The van der Waals surface area contributed by atoms with Crippen molar-refractivity contribution >= 4 is 23.2 Å². The van der Waals surface area contributed by atoms with Crippen LogP contribution in [0.4, 0.5) is 5.69 Å². The van der Waals surface area contributed by atoms with Crippen LogP contribution in [0.15, 0.2) is 39.2 Å². The maximum Gasteiger partial charge on any atom is 0.255 e. The van der Waals surface area contributed by atoms with Crippen molar-refractivity contribution in [1.82, 2.24) is 4.90 Å². The highest BCUT2D eigenvalue weighted by molar-refractivity contribution is 6.25. The van der Waals surface area contributed by atoms with E-state index in [1.165, 1.54) is 4.90 Å². The number of nitrogens with zero attached hydrogens (tertiary/aromatic N) is 2. The summed E-state index contributed by atoms with van der Waals surface area (Å²) in [4.78, 5) is 43.3. The van der Waals surface area contributed by atoms with E-state index in [1.54, 1.807) is 14.1 Å². The fourth-order valence-electron chi connectivity index (χ4n) is 7.17. The standard InChI is InChI=1S/C32H39N3O8/c1-14-10-18(43-15(14)2)9-7-8-16-13-21(34(3)4)19-11-17-12-20-25(35(5)6)28(38)24(31(33)41)30(40)32(20,42)29(39)22(17)27(37)23(19)26(16)36/h10,13,17,20,25,36,38-39,42H,7-9,11-12H2,1-6H3,(H2,33,41)/t17-,20-,25-,32-/m0/s1. The number of hydrogen-bond acceptors (Lipinski definition) is 10. The Labute approximate surface area is 249 Å². The maximum atomic E-state index is 14.2. The van der Waals surface area contributed by atoms with Crippen LogP contribution in [-0.4, -0.2) is 82.6 Å². The molecule has 0 saturated heterocycles. The molecule has 1 amide bonds. The van der Waals surface area contributed by atoms with Gasteiger partial charge in [0.2, 0.25) is 5.78 Å². The lowest BCUT2D eigenvalue weighted by Crippen LogP contribution is -2.63. The number of aromatic hydroxyl groups is 1. The summed E-state index contributed by atoms with van der Waals surface area (Å²) in [6.45, 7) is 3.88. The summed E-state index contributed by atoms with van der Waals surface area (Å²) in [5.41, 5.74) is 4.72. The van der Waals surface area contributed by atoms with Crippen molar-refractivity contribution in [2.45, 2.75) is 57.6 Å². The van der Waals surface area contributed by atoms with E-state index in [-0.39, 0.29) is 29.7 Å². The first-order chi connectivity index (χ1) is 20.1. The Morgan fingerprint density at radius 3 is 2.33 bits per heavy atom. The summed E-state index contributed by atoms with van der Waals surface area (Å²) >= 11 is 0. The van der Waals surface area contributed by atoms with Gasteiger partial charge in [-0.2, -0.15) is 0 Å². The lowest BCUT2D eigenvalue weighted by Gasteiger charge is -2.50. The average molecular weight is 594 g/mol. The van der Waals surface area contributed by atoms with Crippen molar-refractivity contribution in [1.29, 1.82) is 0 Å². The number of allylic oxidation sites excluding steroid dienone is 1. The topological polar surface area (TPSA) is 178 Å². The van der Waals surface area contributed by atoms with E-state index in [0.29, 0.717) is 30.4 Å². The number of fused-ring (bicyclic) bond motifs is 3. The lowest BCUT2D eigenvalue weighted by atomic mass is 9.58. The Hall–Kier alpha value is -4.09. The van der Waals surface area contributed by atoms with Crippen LogP contribution in [-0.2, 0) is 28.9 Å². The Kier molecular flexibility index (Phi) is 7.46. The van der Waals surface area contributed by atoms with E-state index < -0.39 is 58.0 Å². The predicted molar refractivity (Wildman–Crippen MR) is 158 cm³/mol. The largest absolute Gasteiger partial charge is 0.510 e. The molecule has 5 rings (SSSR count). The minimum absolute atomic E-state index is 0.0201. The van der Waals surface area contributed by atoms with E-state index in [9.17, 15) is 34.8 Å². The van der Waals surface area contributed by atoms with Crippen LogP contribution in [0.25, 0.3) is 0 Å². The minimum atomic E-state index is -2.67. The van der Waals surface area contributed by atoms with E-state index >= 15 is 0 Å². The molecule has 0 saturated carbocycles. The molecule has 11 nitrogen and oxygen atoms in total. The van der Waals surface area contributed by atoms with Crippen LogP contribution in [0.3, 0.4) is 0 Å². The van der Waals surface area contributed by atoms with Gasteiger partial charge in [-0.1, -0.05) is 0 Å². The molecule has 2 aromatic rings. The van der Waals surface area contributed by atoms with Gasteiger partial charge in [-0.25, -0.2) is 0 Å². The monoisotopic (exact) mass is 593 g/mol. The lowest BCUT2D eigenvalue weighted by molar-refractivity contribution is -0.148. The normalized spacial score (nSPS) is 25.2. The van der Waals surface area contributed by atoms with Gasteiger partial charge in [0.05, 0.1) is 11.6 Å². The number of carbonyl (C=O) groups excluding carboxylic acids is 3. The van der Waals surface area contributed by atoms with E-state index in [4.69, 9.17) is 10.2 Å². The molecule has 0 fully saturated rings. The fraction of sp³-hybridized carbons (Fsp3) is 0.469. The van der Waals surface area contributed by atoms with Crippen molar-refractivity contribution in [2.75, 3.05) is 33.1 Å². The highest BCUT2D eigenvalue weighted by Crippen LogP contribution is 2.53. The van der Waals surface area contributed by atoms with E-state index in [0.717, 1.165) is 22.8 Å². The number of nitrogens with two attached hydrogens (primary N) is 1. The van der Waals surface area contributed by atoms with Gasteiger partial charge in [0, 0.05) is 37.7 Å². The number of anilines is 1. The summed E-state index contributed by atoms with van der Waals surface area (Å²) < 4.78 is 5.77. The minimum Gasteiger partial charge on any atom is -0.510 e. The smallest absolute Gasteiger partial charge is 0.255 e. The van der Waals surface area contributed by atoms with E-state index in [1.807, 2.05) is 45.0 Å². The van der Waals surface area contributed by atoms with Crippen molar-refractivity contribution in [3.63, 3.8) is 0 Å². The number of benzene rings is 1.